The predicted octanol–water partition coefficient (Wildman–Crippen LogP) is 1.96. The van der Waals surface area contributed by atoms with E-state index in [0.717, 1.165) is 12.0 Å². The van der Waals surface area contributed by atoms with Gasteiger partial charge in [0.2, 0.25) is 0 Å². The smallest absolute Gasteiger partial charge is 0.339 e. The average Bonchev–Trinajstić information content (AvgIpc) is 2.49. The van der Waals surface area contributed by atoms with Crippen molar-refractivity contribution in [2.24, 2.45) is 0 Å². The number of hydrogen-bond donors (Lipinski definition) is 1. The molecular formula is C15H22O6. The van der Waals surface area contributed by atoms with Crippen LogP contribution in [0.5, 0.6) is 5.75 Å². The van der Waals surface area contributed by atoms with E-state index >= 15 is 0 Å². The zero-order valence-electron chi connectivity index (χ0n) is 12.5. The molecule has 1 aromatic rings. The summed E-state index contributed by atoms with van der Waals surface area (Å²) in [6.45, 7) is 2.73. The van der Waals surface area contributed by atoms with Crippen molar-refractivity contribution in [2.75, 3.05) is 40.6 Å². The van der Waals surface area contributed by atoms with Crippen LogP contribution in [0.2, 0.25) is 0 Å². The zero-order valence-corrected chi connectivity index (χ0v) is 12.5. The van der Waals surface area contributed by atoms with Gasteiger partial charge in [0.15, 0.2) is 0 Å². The predicted molar refractivity (Wildman–Crippen MR) is 76.9 cm³/mol. The summed E-state index contributed by atoms with van der Waals surface area (Å²) in [6, 6.07) is 4.90. The molecule has 0 radical (unpaired) electrons. The molecule has 1 rings (SSSR count). The van der Waals surface area contributed by atoms with Crippen LogP contribution in [0.3, 0.4) is 0 Å². The number of rotatable bonds is 11. The number of carboxylic acid groups (broad SMARTS) is 1. The minimum atomic E-state index is -1.01. The maximum Gasteiger partial charge on any atom is 0.339 e. The monoisotopic (exact) mass is 298 g/mol. The van der Waals surface area contributed by atoms with E-state index in [0.29, 0.717) is 38.8 Å². The molecule has 0 fully saturated rings. The average molecular weight is 298 g/mol. The Bertz CT molecular complexity index is 432. The third-order valence-corrected chi connectivity index (χ3v) is 2.77. The van der Waals surface area contributed by atoms with Crippen molar-refractivity contribution in [3.8, 4) is 5.75 Å². The molecule has 21 heavy (non-hydrogen) atoms. The lowest BCUT2D eigenvalue weighted by atomic mass is 10.1. The molecule has 1 aromatic carbocycles. The molecule has 0 bridgehead atoms. The van der Waals surface area contributed by atoms with Gasteiger partial charge in [-0.25, -0.2) is 4.79 Å². The number of aromatic carboxylic acids is 1. The summed E-state index contributed by atoms with van der Waals surface area (Å²) >= 11 is 0. The summed E-state index contributed by atoms with van der Waals surface area (Å²) in [6.07, 6.45) is 0.865. The summed E-state index contributed by atoms with van der Waals surface area (Å²) in [4.78, 5) is 11.0. The van der Waals surface area contributed by atoms with Gasteiger partial charge >= 0.3 is 5.97 Å². The van der Waals surface area contributed by atoms with Crippen LogP contribution in [-0.4, -0.2) is 51.7 Å². The van der Waals surface area contributed by atoms with Crippen LogP contribution in [-0.2, 0) is 20.8 Å². The van der Waals surface area contributed by atoms with Gasteiger partial charge in [0.05, 0.1) is 26.9 Å². The Morgan fingerprint density at radius 1 is 1.10 bits per heavy atom. The minimum Gasteiger partial charge on any atom is -0.496 e. The number of hydrogen-bond acceptors (Lipinski definition) is 5. The summed E-state index contributed by atoms with van der Waals surface area (Å²) in [5.41, 5.74) is 0.999. The molecule has 6 nitrogen and oxygen atoms in total. The van der Waals surface area contributed by atoms with Crippen molar-refractivity contribution >= 4 is 5.97 Å². The van der Waals surface area contributed by atoms with Gasteiger partial charge in [0.25, 0.3) is 0 Å². The highest BCUT2D eigenvalue weighted by atomic mass is 16.5. The van der Waals surface area contributed by atoms with Gasteiger partial charge in [-0.1, -0.05) is 6.07 Å². The lowest BCUT2D eigenvalue weighted by molar-refractivity contribution is 0.0336. The maximum atomic E-state index is 11.0. The van der Waals surface area contributed by atoms with Crippen LogP contribution >= 0.6 is 0 Å². The van der Waals surface area contributed by atoms with Crippen molar-refractivity contribution in [1.29, 1.82) is 0 Å². The molecule has 0 unspecified atom stereocenters. The summed E-state index contributed by atoms with van der Waals surface area (Å²) in [7, 11) is 3.10. The van der Waals surface area contributed by atoms with Crippen LogP contribution < -0.4 is 4.74 Å². The van der Waals surface area contributed by atoms with Gasteiger partial charge < -0.3 is 24.1 Å². The second-order valence-electron chi connectivity index (χ2n) is 4.35. The van der Waals surface area contributed by atoms with Gasteiger partial charge in [0.1, 0.15) is 11.3 Å². The standard InChI is InChI=1S/C15H22O6/c1-18-6-3-7-20-8-9-21-11-12-4-5-13(15(16)17)14(10-12)19-2/h4-5,10H,3,6-9,11H2,1-2H3,(H,16,17). The van der Waals surface area contributed by atoms with Gasteiger partial charge in [-0.05, 0) is 24.1 Å². The molecule has 0 aliphatic rings. The first kappa shape index (κ1) is 17.4. The van der Waals surface area contributed by atoms with Gasteiger partial charge in [-0.3, -0.25) is 0 Å². The first-order chi connectivity index (χ1) is 10.2. The largest absolute Gasteiger partial charge is 0.496 e. The summed E-state index contributed by atoms with van der Waals surface area (Å²) in [5, 5.41) is 8.99. The molecule has 1 N–H and O–H groups in total. The van der Waals surface area contributed by atoms with E-state index in [9.17, 15) is 4.79 Å². The number of benzene rings is 1. The molecule has 0 atom stereocenters. The number of ether oxygens (including phenoxy) is 4. The number of methoxy groups -OCH3 is 2. The van der Waals surface area contributed by atoms with Crippen molar-refractivity contribution < 1.29 is 28.8 Å². The second kappa shape index (κ2) is 10.1. The Morgan fingerprint density at radius 3 is 2.52 bits per heavy atom. The Balaban J connectivity index is 2.28. The van der Waals surface area contributed by atoms with E-state index in [1.165, 1.54) is 13.2 Å². The highest BCUT2D eigenvalue weighted by Gasteiger charge is 2.11. The van der Waals surface area contributed by atoms with Gasteiger partial charge in [-0.2, -0.15) is 0 Å². The molecule has 0 heterocycles. The van der Waals surface area contributed by atoms with Crippen LogP contribution in [0, 0.1) is 0 Å². The highest BCUT2D eigenvalue weighted by molar-refractivity contribution is 5.90. The normalized spacial score (nSPS) is 10.6. The molecule has 0 saturated carbocycles. The lowest BCUT2D eigenvalue weighted by Crippen LogP contribution is -2.07. The third-order valence-electron chi connectivity index (χ3n) is 2.77. The third kappa shape index (κ3) is 6.57. The molecule has 6 heteroatoms. The van der Waals surface area contributed by atoms with E-state index in [1.807, 2.05) is 0 Å². The second-order valence-corrected chi connectivity index (χ2v) is 4.35. The zero-order chi connectivity index (χ0) is 15.5. The molecule has 0 aromatic heterocycles. The molecule has 118 valence electrons. The van der Waals surface area contributed by atoms with Crippen molar-refractivity contribution in [1.82, 2.24) is 0 Å². The Kier molecular flexibility index (Phi) is 8.42. The Morgan fingerprint density at radius 2 is 1.86 bits per heavy atom. The Hall–Kier alpha value is -1.63. The van der Waals surface area contributed by atoms with Crippen molar-refractivity contribution in [3.05, 3.63) is 29.3 Å². The van der Waals surface area contributed by atoms with Gasteiger partial charge in [-0.15, -0.1) is 0 Å². The SMILES string of the molecule is COCCCOCCOCc1ccc(C(=O)O)c(OC)c1. The molecule has 0 saturated heterocycles. The fourth-order valence-electron chi connectivity index (χ4n) is 1.72. The number of carbonyl (C=O) groups is 1. The van der Waals surface area contributed by atoms with Crippen LogP contribution in [0.25, 0.3) is 0 Å². The van der Waals surface area contributed by atoms with Crippen molar-refractivity contribution in [2.45, 2.75) is 13.0 Å². The molecular weight excluding hydrogens is 276 g/mol. The Labute approximate surface area is 124 Å². The molecule has 0 aliphatic carbocycles. The fourth-order valence-corrected chi connectivity index (χ4v) is 1.72. The molecule has 0 amide bonds. The molecule has 0 aliphatic heterocycles. The van der Waals surface area contributed by atoms with E-state index in [-0.39, 0.29) is 5.56 Å². The van der Waals surface area contributed by atoms with E-state index in [4.69, 9.17) is 24.1 Å². The van der Waals surface area contributed by atoms with E-state index in [2.05, 4.69) is 0 Å². The minimum absolute atomic E-state index is 0.141. The highest BCUT2D eigenvalue weighted by Crippen LogP contribution is 2.20. The van der Waals surface area contributed by atoms with E-state index < -0.39 is 5.97 Å². The molecule has 0 spiro atoms. The first-order valence-electron chi connectivity index (χ1n) is 6.73. The van der Waals surface area contributed by atoms with E-state index in [1.54, 1.807) is 19.2 Å². The maximum absolute atomic E-state index is 11.0. The first-order valence-corrected chi connectivity index (χ1v) is 6.73. The topological polar surface area (TPSA) is 74.2 Å². The number of carboxylic acids is 1. The van der Waals surface area contributed by atoms with Crippen LogP contribution in [0.4, 0.5) is 0 Å². The summed E-state index contributed by atoms with van der Waals surface area (Å²) < 4.78 is 20.8. The summed E-state index contributed by atoms with van der Waals surface area (Å²) in [5.74, 6) is -0.678. The van der Waals surface area contributed by atoms with Gasteiger partial charge in [0, 0.05) is 20.3 Å². The van der Waals surface area contributed by atoms with Crippen LogP contribution in [0.1, 0.15) is 22.3 Å². The van der Waals surface area contributed by atoms with Crippen LogP contribution in [0.15, 0.2) is 18.2 Å². The van der Waals surface area contributed by atoms with Crippen molar-refractivity contribution in [3.63, 3.8) is 0 Å². The lowest BCUT2D eigenvalue weighted by Gasteiger charge is -2.09. The quantitative estimate of drug-likeness (QED) is 0.630. The fraction of sp³-hybridized carbons (Fsp3) is 0.533.